The van der Waals surface area contributed by atoms with Crippen LogP contribution in [0.15, 0.2) is 22.7 Å². The van der Waals surface area contributed by atoms with Crippen LogP contribution in [0.5, 0.6) is 0 Å². The topological polar surface area (TPSA) is 35.2 Å². The molecule has 2 N–H and O–H groups in total. The van der Waals surface area contributed by atoms with Crippen molar-refractivity contribution in [3.05, 3.63) is 34.1 Å². The van der Waals surface area contributed by atoms with Crippen LogP contribution < -0.4 is 5.73 Å². The van der Waals surface area contributed by atoms with Crippen LogP contribution in [0.1, 0.15) is 25.3 Å². The summed E-state index contributed by atoms with van der Waals surface area (Å²) in [5.74, 6) is 0.167. The van der Waals surface area contributed by atoms with Crippen molar-refractivity contribution in [3.63, 3.8) is 0 Å². The second-order valence-electron chi connectivity index (χ2n) is 4.87. The highest BCUT2D eigenvalue weighted by Gasteiger charge is 2.31. The highest BCUT2D eigenvalue weighted by Crippen LogP contribution is 2.28. The zero-order chi connectivity index (χ0) is 13.1. The zero-order valence-electron chi connectivity index (χ0n) is 10.5. The smallest absolute Gasteiger partial charge is 0.123 e. The summed E-state index contributed by atoms with van der Waals surface area (Å²) in [7, 11) is 0. The van der Waals surface area contributed by atoms with E-state index in [4.69, 9.17) is 10.5 Å². The lowest BCUT2D eigenvalue weighted by Gasteiger charge is -2.24. The minimum absolute atomic E-state index is 0.0237. The van der Waals surface area contributed by atoms with Gasteiger partial charge in [0, 0.05) is 23.0 Å². The first-order valence-electron chi connectivity index (χ1n) is 6.43. The summed E-state index contributed by atoms with van der Waals surface area (Å²) < 4.78 is 19.8. The van der Waals surface area contributed by atoms with Crippen LogP contribution in [0.2, 0.25) is 0 Å². The van der Waals surface area contributed by atoms with E-state index in [1.807, 2.05) is 0 Å². The van der Waals surface area contributed by atoms with Crippen LogP contribution in [-0.2, 0) is 11.2 Å². The Morgan fingerprint density at radius 2 is 2.33 bits per heavy atom. The molecule has 1 aromatic carbocycles. The molecular formula is C14H19BrFNO. The van der Waals surface area contributed by atoms with Crippen molar-refractivity contribution in [1.29, 1.82) is 0 Å². The number of ether oxygens (including phenoxy) is 1. The molecule has 0 bridgehead atoms. The van der Waals surface area contributed by atoms with E-state index in [1.165, 1.54) is 6.07 Å². The van der Waals surface area contributed by atoms with E-state index >= 15 is 0 Å². The van der Waals surface area contributed by atoms with E-state index < -0.39 is 0 Å². The van der Waals surface area contributed by atoms with Crippen molar-refractivity contribution in [2.24, 2.45) is 11.7 Å². The van der Waals surface area contributed by atoms with Crippen molar-refractivity contribution >= 4 is 15.9 Å². The Balaban J connectivity index is 2.06. The van der Waals surface area contributed by atoms with Gasteiger partial charge < -0.3 is 10.5 Å². The predicted octanol–water partition coefficient (Wildman–Crippen LogP) is 3.27. The average molecular weight is 316 g/mol. The van der Waals surface area contributed by atoms with Gasteiger partial charge in [0.2, 0.25) is 0 Å². The maximum atomic E-state index is 13.2. The van der Waals surface area contributed by atoms with Crippen LogP contribution >= 0.6 is 15.9 Å². The van der Waals surface area contributed by atoms with Gasteiger partial charge in [0.1, 0.15) is 5.82 Å². The molecule has 1 heterocycles. The third-order valence-corrected chi connectivity index (χ3v) is 4.45. The number of benzene rings is 1. The molecule has 0 spiro atoms. The van der Waals surface area contributed by atoms with Gasteiger partial charge >= 0.3 is 0 Å². The molecule has 1 aliphatic heterocycles. The summed E-state index contributed by atoms with van der Waals surface area (Å²) in [5.41, 5.74) is 7.21. The molecular weight excluding hydrogens is 297 g/mol. The molecule has 4 heteroatoms. The van der Waals surface area contributed by atoms with Crippen molar-refractivity contribution in [3.8, 4) is 0 Å². The van der Waals surface area contributed by atoms with Gasteiger partial charge in [0.05, 0.1) is 6.10 Å². The van der Waals surface area contributed by atoms with Gasteiger partial charge in [0.15, 0.2) is 0 Å². The van der Waals surface area contributed by atoms with Crippen LogP contribution in [-0.4, -0.2) is 18.8 Å². The highest BCUT2D eigenvalue weighted by molar-refractivity contribution is 9.10. The molecule has 0 amide bonds. The molecule has 18 heavy (non-hydrogen) atoms. The van der Waals surface area contributed by atoms with Crippen LogP contribution in [0.25, 0.3) is 0 Å². The summed E-state index contributed by atoms with van der Waals surface area (Å²) in [6.45, 7) is 2.91. The monoisotopic (exact) mass is 315 g/mol. The third kappa shape index (κ3) is 3.11. The molecule has 1 aromatic rings. The number of nitrogens with two attached hydrogens (primary N) is 1. The largest absolute Gasteiger partial charge is 0.378 e. The summed E-state index contributed by atoms with van der Waals surface area (Å²) in [6.07, 6.45) is 2.94. The van der Waals surface area contributed by atoms with Crippen molar-refractivity contribution in [2.45, 2.75) is 38.3 Å². The zero-order valence-corrected chi connectivity index (χ0v) is 12.1. The molecule has 1 saturated heterocycles. The standard InChI is InChI=1S/C14H19BrFNO/c1-2-14-11(5-6-18-14)13(17)8-9-7-10(16)3-4-12(9)15/h3-4,7,11,13-14H,2,5-6,8,17H2,1H3. The van der Waals surface area contributed by atoms with Gasteiger partial charge in [-0.1, -0.05) is 22.9 Å². The second kappa shape index (κ2) is 6.13. The molecule has 0 saturated carbocycles. The molecule has 3 unspecified atom stereocenters. The van der Waals surface area contributed by atoms with E-state index in [1.54, 1.807) is 12.1 Å². The SMILES string of the molecule is CCC1OCCC1C(N)Cc1cc(F)ccc1Br. The predicted molar refractivity (Wildman–Crippen MR) is 73.9 cm³/mol. The lowest BCUT2D eigenvalue weighted by molar-refractivity contribution is 0.0813. The van der Waals surface area contributed by atoms with Crippen LogP contribution in [0, 0.1) is 11.7 Å². The van der Waals surface area contributed by atoms with Crippen molar-refractivity contribution in [1.82, 2.24) is 0 Å². The summed E-state index contributed by atoms with van der Waals surface area (Å²) in [5, 5.41) is 0. The maximum Gasteiger partial charge on any atom is 0.123 e. The Morgan fingerprint density at radius 3 is 3.06 bits per heavy atom. The normalized spacial score (nSPS) is 25.3. The van der Waals surface area contributed by atoms with Gasteiger partial charge in [-0.25, -0.2) is 4.39 Å². The van der Waals surface area contributed by atoms with E-state index in [2.05, 4.69) is 22.9 Å². The Bertz CT molecular complexity index is 413. The van der Waals surface area contributed by atoms with E-state index in [-0.39, 0.29) is 18.0 Å². The molecule has 2 rings (SSSR count). The van der Waals surface area contributed by atoms with E-state index in [9.17, 15) is 4.39 Å². The highest BCUT2D eigenvalue weighted by atomic mass is 79.9. The van der Waals surface area contributed by atoms with Gasteiger partial charge in [0.25, 0.3) is 0 Å². The van der Waals surface area contributed by atoms with Crippen LogP contribution in [0.3, 0.4) is 0 Å². The Kier molecular flexibility index (Phi) is 4.76. The van der Waals surface area contributed by atoms with Crippen molar-refractivity contribution in [2.75, 3.05) is 6.61 Å². The van der Waals surface area contributed by atoms with Gasteiger partial charge in [-0.15, -0.1) is 0 Å². The summed E-state index contributed by atoms with van der Waals surface area (Å²) in [4.78, 5) is 0. The Morgan fingerprint density at radius 1 is 1.56 bits per heavy atom. The van der Waals surface area contributed by atoms with Crippen LogP contribution in [0.4, 0.5) is 4.39 Å². The molecule has 0 aliphatic carbocycles. The van der Waals surface area contributed by atoms with Gasteiger partial charge in [-0.3, -0.25) is 0 Å². The summed E-state index contributed by atoms with van der Waals surface area (Å²) in [6, 6.07) is 4.77. The molecule has 2 nitrogen and oxygen atoms in total. The fraction of sp³-hybridized carbons (Fsp3) is 0.571. The van der Waals surface area contributed by atoms with E-state index in [0.717, 1.165) is 29.5 Å². The third-order valence-electron chi connectivity index (χ3n) is 3.68. The molecule has 1 aliphatic rings. The number of rotatable bonds is 4. The van der Waals surface area contributed by atoms with Crippen molar-refractivity contribution < 1.29 is 9.13 Å². The first kappa shape index (κ1) is 14.0. The number of hydrogen-bond donors (Lipinski definition) is 1. The fourth-order valence-corrected chi connectivity index (χ4v) is 3.09. The fourth-order valence-electron chi connectivity index (χ4n) is 2.68. The second-order valence-corrected chi connectivity index (χ2v) is 5.73. The minimum atomic E-state index is -0.213. The lowest BCUT2D eigenvalue weighted by Crippen LogP contribution is -2.37. The molecule has 0 aromatic heterocycles. The number of halogens is 2. The Labute approximate surface area is 116 Å². The molecule has 0 radical (unpaired) electrons. The van der Waals surface area contributed by atoms with E-state index in [0.29, 0.717) is 12.3 Å². The molecule has 100 valence electrons. The number of hydrogen-bond acceptors (Lipinski definition) is 2. The first-order chi connectivity index (χ1) is 8.61. The minimum Gasteiger partial charge on any atom is -0.378 e. The maximum absolute atomic E-state index is 13.2. The molecule has 1 fully saturated rings. The Hall–Kier alpha value is -0.450. The first-order valence-corrected chi connectivity index (χ1v) is 7.22. The van der Waals surface area contributed by atoms with Gasteiger partial charge in [-0.2, -0.15) is 0 Å². The lowest BCUT2D eigenvalue weighted by atomic mass is 9.88. The van der Waals surface area contributed by atoms with Gasteiger partial charge in [-0.05, 0) is 43.0 Å². The summed E-state index contributed by atoms with van der Waals surface area (Å²) >= 11 is 3.45. The molecule has 3 atom stereocenters. The quantitative estimate of drug-likeness (QED) is 0.925. The average Bonchev–Trinajstić information content (AvgIpc) is 2.82.